The van der Waals surface area contributed by atoms with Gasteiger partial charge in [-0.3, -0.25) is 0 Å². The molecule has 29 heavy (non-hydrogen) atoms. The number of aromatic nitrogens is 5. The number of benzene rings is 2. The second-order valence-corrected chi connectivity index (χ2v) is 6.42. The summed E-state index contributed by atoms with van der Waals surface area (Å²) in [5, 5.41) is 8.05. The Morgan fingerprint density at radius 2 is 1.72 bits per heavy atom. The van der Waals surface area contributed by atoms with Gasteiger partial charge < -0.3 is 20.5 Å². The van der Waals surface area contributed by atoms with Crippen LogP contribution in [0.4, 0.5) is 11.8 Å². The van der Waals surface area contributed by atoms with Gasteiger partial charge in [0.05, 0.1) is 26.3 Å². The van der Waals surface area contributed by atoms with Crippen molar-refractivity contribution >= 4 is 22.7 Å². The lowest BCUT2D eigenvalue weighted by Gasteiger charge is -2.12. The number of hydrogen-bond donors (Lipinski definition) is 2. The highest BCUT2D eigenvalue weighted by atomic mass is 16.5. The fourth-order valence-corrected chi connectivity index (χ4v) is 3.00. The summed E-state index contributed by atoms with van der Waals surface area (Å²) >= 11 is 0. The van der Waals surface area contributed by atoms with Crippen molar-refractivity contribution in [3.63, 3.8) is 0 Å². The molecule has 2 aromatic carbocycles. The third-order valence-electron chi connectivity index (χ3n) is 4.52. The average molecular weight is 391 g/mol. The minimum absolute atomic E-state index is 0.377. The molecule has 3 N–H and O–H groups in total. The van der Waals surface area contributed by atoms with Gasteiger partial charge in [0.2, 0.25) is 5.95 Å². The number of nitrogens with zero attached hydrogens (tertiary/aromatic N) is 5. The van der Waals surface area contributed by atoms with E-state index in [0.717, 1.165) is 11.1 Å². The maximum Gasteiger partial charge on any atom is 0.225 e. The molecule has 0 fully saturated rings. The molecule has 4 aromatic rings. The highest BCUT2D eigenvalue weighted by Crippen LogP contribution is 2.33. The molecule has 0 amide bonds. The van der Waals surface area contributed by atoms with Crippen LogP contribution in [0.5, 0.6) is 11.5 Å². The normalized spacial score (nSPS) is 10.8. The first-order chi connectivity index (χ1) is 14.2. The van der Waals surface area contributed by atoms with Crippen molar-refractivity contribution in [2.45, 2.75) is 13.1 Å². The standard InChI is InChI=1S/C20H21N7O2/c1-28-17-7-15-16(8-18(17)29-2)25-20(26-19(15)21)23-9-13-3-5-14(6-4-13)10-27-12-22-11-24-27/h3-8,11-12H,9-10H2,1-2H3,(H3,21,23,25,26). The molecular formula is C20H21N7O2. The molecule has 0 saturated heterocycles. The largest absolute Gasteiger partial charge is 0.493 e. The van der Waals surface area contributed by atoms with Crippen LogP contribution in [-0.4, -0.2) is 39.0 Å². The van der Waals surface area contributed by atoms with E-state index in [1.54, 1.807) is 37.4 Å². The minimum atomic E-state index is 0.377. The number of ether oxygens (including phenoxy) is 2. The van der Waals surface area contributed by atoms with Crippen molar-refractivity contribution in [1.82, 2.24) is 24.7 Å². The van der Waals surface area contributed by atoms with Crippen molar-refractivity contribution in [1.29, 1.82) is 0 Å². The van der Waals surface area contributed by atoms with Crippen LogP contribution in [0.15, 0.2) is 49.1 Å². The third kappa shape index (κ3) is 4.03. The number of hydrogen-bond acceptors (Lipinski definition) is 8. The summed E-state index contributed by atoms with van der Waals surface area (Å²) in [7, 11) is 3.16. The van der Waals surface area contributed by atoms with Gasteiger partial charge in [0.25, 0.3) is 0 Å². The molecule has 9 nitrogen and oxygen atoms in total. The highest BCUT2D eigenvalue weighted by Gasteiger charge is 2.11. The Morgan fingerprint density at radius 1 is 1.00 bits per heavy atom. The molecule has 0 aliphatic carbocycles. The summed E-state index contributed by atoms with van der Waals surface area (Å²) in [6.07, 6.45) is 3.22. The quantitative estimate of drug-likeness (QED) is 0.494. The molecule has 0 aliphatic heterocycles. The van der Waals surface area contributed by atoms with Gasteiger partial charge in [0.15, 0.2) is 11.5 Å². The second kappa shape index (κ2) is 8.01. The van der Waals surface area contributed by atoms with Crippen molar-refractivity contribution in [2.24, 2.45) is 0 Å². The van der Waals surface area contributed by atoms with Crippen molar-refractivity contribution in [2.75, 3.05) is 25.3 Å². The van der Waals surface area contributed by atoms with E-state index < -0.39 is 0 Å². The zero-order valence-corrected chi connectivity index (χ0v) is 16.2. The maximum atomic E-state index is 6.12. The van der Waals surface area contributed by atoms with E-state index in [1.165, 1.54) is 6.33 Å². The maximum absolute atomic E-state index is 6.12. The molecule has 0 saturated carbocycles. The van der Waals surface area contributed by atoms with Crippen molar-refractivity contribution in [3.8, 4) is 11.5 Å². The fraction of sp³-hybridized carbons (Fsp3) is 0.200. The van der Waals surface area contributed by atoms with E-state index in [-0.39, 0.29) is 0 Å². The van der Waals surface area contributed by atoms with Gasteiger partial charge in [0.1, 0.15) is 18.5 Å². The van der Waals surface area contributed by atoms with Crippen LogP contribution in [0, 0.1) is 0 Å². The number of nitrogen functional groups attached to an aromatic ring is 1. The number of anilines is 2. The van der Waals surface area contributed by atoms with Gasteiger partial charge in [-0.25, -0.2) is 14.6 Å². The van der Waals surface area contributed by atoms with E-state index in [2.05, 4.69) is 49.6 Å². The summed E-state index contributed by atoms with van der Waals surface area (Å²) < 4.78 is 12.4. The molecular weight excluding hydrogens is 370 g/mol. The number of nitrogens with one attached hydrogen (secondary N) is 1. The van der Waals surface area contributed by atoms with Gasteiger partial charge in [-0.2, -0.15) is 10.1 Å². The summed E-state index contributed by atoms with van der Waals surface area (Å²) in [5.41, 5.74) is 9.05. The SMILES string of the molecule is COc1cc2nc(NCc3ccc(Cn4cncn4)cc3)nc(N)c2cc1OC. The third-order valence-corrected chi connectivity index (χ3v) is 4.52. The van der Waals surface area contributed by atoms with E-state index in [0.29, 0.717) is 47.3 Å². The molecule has 2 heterocycles. The van der Waals surface area contributed by atoms with Crippen molar-refractivity contribution < 1.29 is 9.47 Å². The Kier molecular flexibility index (Phi) is 5.10. The van der Waals surface area contributed by atoms with Crippen LogP contribution in [0.1, 0.15) is 11.1 Å². The van der Waals surface area contributed by atoms with Crippen LogP contribution in [-0.2, 0) is 13.1 Å². The topological polar surface area (TPSA) is 113 Å². The summed E-state index contributed by atoms with van der Waals surface area (Å²) in [4.78, 5) is 12.9. The van der Waals surface area contributed by atoms with Crippen LogP contribution < -0.4 is 20.5 Å². The number of methoxy groups -OCH3 is 2. The summed E-state index contributed by atoms with van der Waals surface area (Å²) in [6.45, 7) is 1.26. The molecule has 0 radical (unpaired) electrons. The first-order valence-electron chi connectivity index (χ1n) is 8.99. The Bertz CT molecular complexity index is 1110. The first kappa shape index (κ1) is 18.5. The van der Waals surface area contributed by atoms with Gasteiger partial charge in [0, 0.05) is 18.0 Å². The highest BCUT2D eigenvalue weighted by molar-refractivity contribution is 5.91. The Labute approximate surface area is 167 Å². The molecule has 148 valence electrons. The van der Waals surface area contributed by atoms with E-state index in [4.69, 9.17) is 15.2 Å². The molecule has 4 rings (SSSR count). The zero-order valence-electron chi connectivity index (χ0n) is 16.2. The zero-order chi connectivity index (χ0) is 20.2. The Morgan fingerprint density at radius 3 is 2.41 bits per heavy atom. The van der Waals surface area contributed by atoms with E-state index >= 15 is 0 Å². The van der Waals surface area contributed by atoms with Gasteiger partial charge in [-0.15, -0.1) is 0 Å². The lowest BCUT2D eigenvalue weighted by molar-refractivity contribution is 0.356. The van der Waals surface area contributed by atoms with E-state index in [9.17, 15) is 0 Å². The molecule has 0 atom stereocenters. The lowest BCUT2D eigenvalue weighted by atomic mass is 10.1. The summed E-state index contributed by atoms with van der Waals surface area (Å²) in [6, 6.07) is 11.8. The van der Waals surface area contributed by atoms with Crippen LogP contribution in [0.3, 0.4) is 0 Å². The molecule has 0 unspecified atom stereocenters. The number of rotatable bonds is 7. The predicted molar refractivity (Wildman–Crippen MR) is 110 cm³/mol. The molecule has 9 heteroatoms. The molecule has 0 bridgehead atoms. The molecule has 0 aliphatic rings. The predicted octanol–water partition coefficient (Wildman–Crippen LogP) is 2.48. The van der Waals surface area contributed by atoms with Crippen LogP contribution in [0.25, 0.3) is 10.9 Å². The molecule has 2 aromatic heterocycles. The van der Waals surface area contributed by atoms with E-state index in [1.807, 2.05) is 0 Å². The lowest BCUT2D eigenvalue weighted by Crippen LogP contribution is -2.06. The minimum Gasteiger partial charge on any atom is -0.493 e. The fourth-order valence-electron chi connectivity index (χ4n) is 3.00. The van der Waals surface area contributed by atoms with Gasteiger partial charge in [-0.1, -0.05) is 24.3 Å². The average Bonchev–Trinajstić information content (AvgIpc) is 3.25. The van der Waals surface area contributed by atoms with Gasteiger partial charge in [-0.05, 0) is 17.2 Å². The number of fused-ring (bicyclic) bond motifs is 1. The van der Waals surface area contributed by atoms with Crippen LogP contribution in [0.2, 0.25) is 0 Å². The molecule has 0 spiro atoms. The smallest absolute Gasteiger partial charge is 0.225 e. The van der Waals surface area contributed by atoms with Crippen LogP contribution >= 0.6 is 0 Å². The van der Waals surface area contributed by atoms with Crippen molar-refractivity contribution in [3.05, 3.63) is 60.2 Å². The summed E-state index contributed by atoms with van der Waals surface area (Å²) in [5.74, 6) is 2.00. The van der Waals surface area contributed by atoms with Gasteiger partial charge >= 0.3 is 0 Å². The monoisotopic (exact) mass is 391 g/mol. The Balaban J connectivity index is 1.49. The first-order valence-corrected chi connectivity index (χ1v) is 8.99. The second-order valence-electron chi connectivity index (χ2n) is 6.42. The number of nitrogens with two attached hydrogens (primary N) is 1. The Hall–Kier alpha value is -3.88.